The van der Waals surface area contributed by atoms with Crippen molar-refractivity contribution in [3.8, 4) is 10.8 Å². The highest BCUT2D eigenvalue weighted by molar-refractivity contribution is 7.15. The minimum absolute atomic E-state index is 0.541. The lowest BCUT2D eigenvalue weighted by Crippen LogP contribution is -1.84. The smallest absolute Gasteiger partial charge is 0.257 e. The molecule has 0 saturated heterocycles. The van der Waals surface area contributed by atoms with Gasteiger partial charge in [-0.1, -0.05) is 13.8 Å². The highest BCUT2D eigenvalue weighted by atomic mass is 32.1. The molecule has 0 fully saturated rings. The lowest BCUT2D eigenvalue weighted by molar-refractivity contribution is 0.534. The molecule has 0 unspecified atom stereocenters. The first-order valence-corrected chi connectivity index (χ1v) is 5.80. The van der Waals surface area contributed by atoms with Crippen LogP contribution in [0.3, 0.4) is 0 Å². The summed E-state index contributed by atoms with van der Waals surface area (Å²) < 4.78 is 5.41. The number of aromatic nitrogens is 2. The van der Waals surface area contributed by atoms with Gasteiger partial charge in [-0.05, 0) is 24.5 Å². The third-order valence-corrected chi connectivity index (χ3v) is 3.37. The summed E-state index contributed by atoms with van der Waals surface area (Å²) in [6.07, 6.45) is 0. The van der Waals surface area contributed by atoms with E-state index in [-0.39, 0.29) is 0 Å². The Morgan fingerprint density at radius 3 is 2.47 bits per heavy atom. The van der Waals surface area contributed by atoms with Gasteiger partial charge in [0.15, 0.2) is 0 Å². The number of nitrogens with zero attached hydrogens (tertiary/aromatic N) is 2. The summed E-state index contributed by atoms with van der Waals surface area (Å²) in [7, 11) is 0. The second-order valence-electron chi connectivity index (χ2n) is 3.90. The van der Waals surface area contributed by atoms with E-state index >= 15 is 0 Å². The van der Waals surface area contributed by atoms with E-state index in [0.29, 0.717) is 17.7 Å². The normalized spacial score (nSPS) is 11.3. The minimum atomic E-state index is 0.541. The Labute approximate surface area is 93.2 Å². The predicted octanol–water partition coefficient (Wildman–Crippen LogP) is 3.54. The first-order chi connectivity index (χ1) is 7.08. The van der Waals surface area contributed by atoms with Gasteiger partial charge in [-0.15, -0.1) is 21.5 Å². The maximum Gasteiger partial charge on any atom is 0.257 e. The summed E-state index contributed by atoms with van der Waals surface area (Å²) >= 11 is 1.71. The fraction of sp³-hybridized carbons (Fsp3) is 0.455. The van der Waals surface area contributed by atoms with Crippen LogP contribution in [-0.4, -0.2) is 10.2 Å². The lowest BCUT2D eigenvalue weighted by atomic mass is 10.0. The van der Waals surface area contributed by atoms with Crippen LogP contribution >= 0.6 is 11.3 Å². The van der Waals surface area contributed by atoms with E-state index < -0.39 is 0 Å². The summed E-state index contributed by atoms with van der Waals surface area (Å²) in [6.45, 7) is 8.32. The molecule has 80 valence electrons. The molecule has 0 aromatic carbocycles. The highest BCUT2D eigenvalue weighted by Gasteiger charge is 2.13. The van der Waals surface area contributed by atoms with Gasteiger partial charge in [-0.25, -0.2) is 0 Å². The van der Waals surface area contributed by atoms with Crippen molar-refractivity contribution in [2.45, 2.75) is 33.6 Å². The predicted molar refractivity (Wildman–Crippen MR) is 61.2 cm³/mol. The molecule has 0 amide bonds. The van der Waals surface area contributed by atoms with Gasteiger partial charge in [-0.3, -0.25) is 0 Å². The number of aryl methyl sites for hydroxylation is 2. The van der Waals surface area contributed by atoms with E-state index in [9.17, 15) is 0 Å². The van der Waals surface area contributed by atoms with Gasteiger partial charge in [0.05, 0.1) is 4.88 Å². The fourth-order valence-corrected chi connectivity index (χ4v) is 2.67. The zero-order valence-corrected chi connectivity index (χ0v) is 10.2. The Morgan fingerprint density at radius 2 is 2.00 bits per heavy atom. The van der Waals surface area contributed by atoms with E-state index in [0.717, 1.165) is 4.88 Å². The molecule has 2 aromatic rings. The second kappa shape index (κ2) is 3.77. The van der Waals surface area contributed by atoms with Crippen LogP contribution < -0.4 is 0 Å². The Bertz CT molecular complexity index is 471. The summed E-state index contributed by atoms with van der Waals surface area (Å²) in [5, 5.41) is 7.86. The maximum atomic E-state index is 5.41. The van der Waals surface area contributed by atoms with Gasteiger partial charge in [0.2, 0.25) is 5.89 Å². The molecule has 0 radical (unpaired) electrons. The molecule has 0 spiro atoms. The molecular weight excluding hydrogens is 208 g/mol. The van der Waals surface area contributed by atoms with Crippen LogP contribution in [0, 0.1) is 13.8 Å². The quantitative estimate of drug-likeness (QED) is 0.780. The van der Waals surface area contributed by atoms with Crippen LogP contribution in [0.5, 0.6) is 0 Å². The Kier molecular flexibility index (Phi) is 2.61. The van der Waals surface area contributed by atoms with Crippen LogP contribution in [0.1, 0.15) is 36.1 Å². The van der Waals surface area contributed by atoms with E-state index in [4.69, 9.17) is 4.42 Å². The van der Waals surface area contributed by atoms with Gasteiger partial charge in [0.1, 0.15) is 0 Å². The summed E-state index contributed by atoms with van der Waals surface area (Å²) in [5.74, 6) is 1.79. The first kappa shape index (κ1) is 10.4. The van der Waals surface area contributed by atoms with Crippen molar-refractivity contribution < 1.29 is 4.42 Å². The van der Waals surface area contributed by atoms with E-state index in [2.05, 4.69) is 37.0 Å². The summed E-state index contributed by atoms with van der Waals surface area (Å²) in [4.78, 5) is 2.40. The highest BCUT2D eigenvalue weighted by Crippen LogP contribution is 2.33. The maximum absolute atomic E-state index is 5.41. The molecule has 2 rings (SSSR count). The van der Waals surface area contributed by atoms with Gasteiger partial charge in [-0.2, -0.15) is 0 Å². The van der Waals surface area contributed by atoms with Crippen molar-refractivity contribution in [2.24, 2.45) is 0 Å². The monoisotopic (exact) mass is 222 g/mol. The molecule has 0 aliphatic heterocycles. The zero-order valence-electron chi connectivity index (χ0n) is 9.37. The van der Waals surface area contributed by atoms with E-state index in [1.807, 2.05) is 0 Å². The molecule has 0 saturated carbocycles. The second-order valence-corrected chi connectivity index (χ2v) is 5.16. The number of hydrogen-bond acceptors (Lipinski definition) is 4. The molecule has 4 heteroatoms. The van der Waals surface area contributed by atoms with Crippen molar-refractivity contribution in [3.05, 3.63) is 22.4 Å². The average Bonchev–Trinajstić information content (AvgIpc) is 2.71. The minimum Gasteiger partial charge on any atom is -0.420 e. The van der Waals surface area contributed by atoms with Crippen LogP contribution in [0.2, 0.25) is 0 Å². The van der Waals surface area contributed by atoms with E-state index in [1.54, 1.807) is 18.3 Å². The molecular formula is C11H14N2OS. The van der Waals surface area contributed by atoms with Gasteiger partial charge < -0.3 is 4.42 Å². The van der Waals surface area contributed by atoms with Crippen LogP contribution in [-0.2, 0) is 0 Å². The topological polar surface area (TPSA) is 38.9 Å². The molecule has 0 N–H and O–H groups in total. The van der Waals surface area contributed by atoms with Crippen molar-refractivity contribution in [1.82, 2.24) is 10.2 Å². The van der Waals surface area contributed by atoms with Crippen molar-refractivity contribution >= 4 is 11.3 Å². The van der Waals surface area contributed by atoms with Crippen molar-refractivity contribution in [3.63, 3.8) is 0 Å². The molecule has 2 heterocycles. The molecule has 0 bridgehead atoms. The van der Waals surface area contributed by atoms with Crippen molar-refractivity contribution in [2.75, 3.05) is 0 Å². The third-order valence-electron chi connectivity index (χ3n) is 2.31. The lowest BCUT2D eigenvalue weighted by Gasteiger charge is -2.00. The van der Waals surface area contributed by atoms with E-state index in [1.165, 1.54) is 10.4 Å². The number of thiophene rings is 1. The molecule has 3 nitrogen and oxygen atoms in total. The Hall–Kier alpha value is -1.16. The molecule has 15 heavy (non-hydrogen) atoms. The summed E-state index contributed by atoms with van der Waals surface area (Å²) in [6, 6.07) is 2.15. The van der Waals surface area contributed by atoms with Gasteiger partial charge >= 0.3 is 0 Å². The Morgan fingerprint density at radius 1 is 1.27 bits per heavy atom. The molecule has 0 aliphatic carbocycles. The van der Waals surface area contributed by atoms with Crippen LogP contribution in [0.25, 0.3) is 10.8 Å². The van der Waals surface area contributed by atoms with Crippen LogP contribution in [0.15, 0.2) is 10.5 Å². The number of hydrogen-bond donors (Lipinski definition) is 0. The van der Waals surface area contributed by atoms with Crippen LogP contribution in [0.4, 0.5) is 0 Å². The fourth-order valence-electron chi connectivity index (χ4n) is 1.57. The SMILES string of the molecule is Cc1nnc(-c2cc(C(C)C)c(C)s2)o1. The van der Waals surface area contributed by atoms with Gasteiger partial charge in [0, 0.05) is 11.8 Å². The van der Waals surface area contributed by atoms with Crippen molar-refractivity contribution in [1.29, 1.82) is 0 Å². The molecule has 0 aliphatic rings. The standard InChI is InChI=1S/C11H14N2OS/c1-6(2)9-5-10(15-7(9)3)11-13-12-8(4)14-11/h5-6H,1-4H3. The summed E-state index contributed by atoms with van der Waals surface area (Å²) in [5.41, 5.74) is 1.37. The number of rotatable bonds is 2. The molecule has 2 aromatic heterocycles. The largest absolute Gasteiger partial charge is 0.420 e. The van der Waals surface area contributed by atoms with Gasteiger partial charge in [0.25, 0.3) is 5.89 Å². The molecule has 0 atom stereocenters. The Balaban J connectivity index is 2.42. The average molecular weight is 222 g/mol. The first-order valence-electron chi connectivity index (χ1n) is 4.98. The third kappa shape index (κ3) is 1.95. The zero-order chi connectivity index (χ0) is 11.0.